The van der Waals surface area contributed by atoms with Gasteiger partial charge in [0.25, 0.3) is 0 Å². The molecule has 1 aliphatic heterocycles. The van der Waals surface area contributed by atoms with Crippen molar-refractivity contribution in [2.75, 3.05) is 20.1 Å². The zero-order valence-corrected chi connectivity index (χ0v) is 8.84. The van der Waals surface area contributed by atoms with E-state index in [1.165, 1.54) is 38.8 Å². The van der Waals surface area contributed by atoms with Gasteiger partial charge in [-0.15, -0.1) is 0 Å². The molecular weight excluding hydrogens is 146 g/mol. The molecule has 0 amide bonds. The highest BCUT2D eigenvalue weighted by Crippen LogP contribution is 2.21. The molecule has 0 aromatic carbocycles. The van der Waals surface area contributed by atoms with Crippen LogP contribution in [-0.4, -0.2) is 25.0 Å². The minimum Gasteiger partial charge on any atom is -0.306 e. The first-order chi connectivity index (χ1) is 5.70. The minimum atomic E-state index is 0.866. The average molecular weight is 169 g/mol. The smallest absolute Gasteiger partial charge is 0.000905 e. The van der Waals surface area contributed by atoms with Crippen molar-refractivity contribution < 1.29 is 0 Å². The summed E-state index contributed by atoms with van der Waals surface area (Å²) in [5, 5.41) is 0. The van der Waals surface area contributed by atoms with E-state index < -0.39 is 0 Å². The van der Waals surface area contributed by atoms with E-state index >= 15 is 0 Å². The van der Waals surface area contributed by atoms with Crippen LogP contribution in [0.5, 0.6) is 0 Å². The maximum atomic E-state index is 2.50. The SMILES string of the molecule is CC(C)[C@H]1CCCCCN(C)C1. The second-order valence-corrected chi connectivity index (χ2v) is 4.62. The van der Waals surface area contributed by atoms with Gasteiger partial charge in [0, 0.05) is 6.54 Å². The minimum absolute atomic E-state index is 0.866. The van der Waals surface area contributed by atoms with Gasteiger partial charge in [-0.05, 0) is 38.3 Å². The Balaban J connectivity index is 2.38. The normalized spacial score (nSPS) is 28.5. The molecule has 1 saturated heterocycles. The molecule has 0 spiro atoms. The number of likely N-dealkylation sites (tertiary alicyclic amines) is 1. The fraction of sp³-hybridized carbons (Fsp3) is 1.00. The number of hydrogen-bond donors (Lipinski definition) is 0. The molecule has 0 radical (unpaired) electrons. The molecule has 1 fully saturated rings. The highest BCUT2D eigenvalue weighted by Gasteiger charge is 2.16. The second-order valence-electron chi connectivity index (χ2n) is 4.62. The Hall–Kier alpha value is -0.0400. The summed E-state index contributed by atoms with van der Waals surface area (Å²) in [6.45, 7) is 7.35. The summed E-state index contributed by atoms with van der Waals surface area (Å²) in [5.74, 6) is 1.81. The highest BCUT2D eigenvalue weighted by molar-refractivity contribution is 4.70. The quantitative estimate of drug-likeness (QED) is 0.583. The Morgan fingerprint density at radius 3 is 2.58 bits per heavy atom. The van der Waals surface area contributed by atoms with Crippen molar-refractivity contribution in [2.45, 2.75) is 39.5 Å². The number of hydrogen-bond acceptors (Lipinski definition) is 1. The van der Waals surface area contributed by atoms with Crippen LogP contribution in [0.4, 0.5) is 0 Å². The first-order valence-electron chi connectivity index (χ1n) is 5.38. The van der Waals surface area contributed by atoms with Crippen LogP contribution in [0.2, 0.25) is 0 Å². The van der Waals surface area contributed by atoms with Gasteiger partial charge in [0.15, 0.2) is 0 Å². The summed E-state index contributed by atoms with van der Waals surface area (Å²) in [7, 11) is 2.26. The summed E-state index contributed by atoms with van der Waals surface area (Å²) >= 11 is 0. The van der Waals surface area contributed by atoms with E-state index in [1.54, 1.807) is 0 Å². The standard InChI is InChI=1S/C11H23N/c1-10(2)11-7-5-4-6-8-12(3)9-11/h10-11H,4-9H2,1-3H3/t11-/m0/s1. The van der Waals surface area contributed by atoms with Crippen molar-refractivity contribution in [3.8, 4) is 0 Å². The Labute approximate surface area is 77.1 Å². The molecule has 0 bridgehead atoms. The maximum absolute atomic E-state index is 2.50. The van der Waals surface area contributed by atoms with Crippen LogP contribution in [0.15, 0.2) is 0 Å². The Kier molecular flexibility index (Phi) is 4.07. The molecule has 1 atom stereocenters. The van der Waals surface area contributed by atoms with Crippen LogP contribution in [0.1, 0.15) is 39.5 Å². The summed E-state index contributed by atoms with van der Waals surface area (Å²) in [6.07, 6.45) is 5.74. The van der Waals surface area contributed by atoms with E-state index in [2.05, 4.69) is 25.8 Å². The van der Waals surface area contributed by atoms with Gasteiger partial charge in [-0.1, -0.05) is 26.7 Å². The largest absolute Gasteiger partial charge is 0.306 e. The highest BCUT2D eigenvalue weighted by atomic mass is 15.1. The van der Waals surface area contributed by atoms with Crippen LogP contribution in [0.25, 0.3) is 0 Å². The molecule has 1 nitrogen and oxygen atoms in total. The first-order valence-corrected chi connectivity index (χ1v) is 5.38. The number of nitrogens with zero attached hydrogens (tertiary/aromatic N) is 1. The lowest BCUT2D eigenvalue weighted by Crippen LogP contribution is -2.30. The van der Waals surface area contributed by atoms with Crippen molar-refractivity contribution in [3.63, 3.8) is 0 Å². The maximum Gasteiger partial charge on any atom is 0.000905 e. The molecule has 72 valence electrons. The van der Waals surface area contributed by atoms with Crippen LogP contribution in [0, 0.1) is 11.8 Å². The molecule has 0 unspecified atom stereocenters. The summed E-state index contributed by atoms with van der Waals surface area (Å²) in [6, 6.07) is 0. The molecule has 0 aromatic rings. The zero-order chi connectivity index (χ0) is 8.97. The fourth-order valence-electron chi connectivity index (χ4n) is 2.09. The Bertz CT molecular complexity index is 120. The Morgan fingerprint density at radius 2 is 1.92 bits per heavy atom. The first kappa shape index (κ1) is 10.0. The molecule has 1 heteroatoms. The molecule has 0 aliphatic carbocycles. The van der Waals surface area contributed by atoms with Crippen LogP contribution in [-0.2, 0) is 0 Å². The third-order valence-electron chi connectivity index (χ3n) is 3.10. The third-order valence-corrected chi connectivity index (χ3v) is 3.10. The van der Waals surface area contributed by atoms with Crippen molar-refractivity contribution in [1.29, 1.82) is 0 Å². The molecule has 1 aliphatic rings. The summed E-state index contributed by atoms with van der Waals surface area (Å²) in [4.78, 5) is 2.50. The van der Waals surface area contributed by atoms with Crippen LogP contribution < -0.4 is 0 Å². The third kappa shape index (κ3) is 3.14. The van der Waals surface area contributed by atoms with Crippen LogP contribution in [0.3, 0.4) is 0 Å². The molecule has 1 heterocycles. The predicted octanol–water partition coefficient (Wildman–Crippen LogP) is 2.76. The predicted molar refractivity (Wildman–Crippen MR) is 54.3 cm³/mol. The van der Waals surface area contributed by atoms with E-state index in [9.17, 15) is 0 Å². The van der Waals surface area contributed by atoms with Gasteiger partial charge < -0.3 is 4.90 Å². The fourth-order valence-corrected chi connectivity index (χ4v) is 2.09. The Morgan fingerprint density at radius 1 is 1.17 bits per heavy atom. The summed E-state index contributed by atoms with van der Waals surface area (Å²) in [5.41, 5.74) is 0. The van der Waals surface area contributed by atoms with Crippen LogP contribution >= 0.6 is 0 Å². The monoisotopic (exact) mass is 169 g/mol. The lowest BCUT2D eigenvalue weighted by Gasteiger charge is -2.29. The molecule has 0 N–H and O–H groups in total. The van der Waals surface area contributed by atoms with E-state index in [0.717, 1.165) is 11.8 Å². The second kappa shape index (κ2) is 4.86. The molecule has 12 heavy (non-hydrogen) atoms. The van der Waals surface area contributed by atoms with Crippen molar-refractivity contribution in [1.82, 2.24) is 4.90 Å². The van der Waals surface area contributed by atoms with Crippen molar-refractivity contribution >= 4 is 0 Å². The van der Waals surface area contributed by atoms with Gasteiger partial charge in [-0.2, -0.15) is 0 Å². The van der Waals surface area contributed by atoms with Gasteiger partial charge in [-0.3, -0.25) is 0 Å². The van der Waals surface area contributed by atoms with E-state index in [0.29, 0.717) is 0 Å². The van der Waals surface area contributed by atoms with Gasteiger partial charge in [0.1, 0.15) is 0 Å². The van der Waals surface area contributed by atoms with E-state index in [1.807, 2.05) is 0 Å². The molecule has 1 rings (SSSR count). The topological polar surface area (TPSA) is 3.24 Å². The van der Waals surface area contributed by atoms with E-state index in [4.69, 9.17) is 0 Å². The molecule has 0 saturated carbocycles. The van der Waals surface area contributed by atoms with Gasteiger partial charge >= 0.3 is 0 Å². The lowest BCUT2D eigenvalue weighted by atomic mass is 9.88. The van der Waals surface area contributed by atoms with Crippen molar-refractivity contribution in [2.24, 2.45) is 11.8 Å². The van der Waals surface area contributed by atoms with Gasteiger partial charge in [0.05, 0.1) is 0 Å². The van der Waals surface area contributed by atoms with Gasteiger partial charge in [0.2, 0.25) is 0 Å². The number of rotatable bonds is 1. The molecule has 0 aromatic heterocycles. The average Bonchev–Trinajstić information content (AvgIpc) is 1.95. The van der Waals surface area contributed by atoms with E-state index in [-0.39, 0.29) is 0 Å². The van der Waals surface area contributed by atoms with Gasteiger partial charge in [-0.25, -0.2) is 0 Å². The zero-order valence-electron chi connectivity index (χ0n) is 8.84. The van der Waals surface area contributed by atoms with Crippen molar-refractivity contribution in [3.05, 3.63) is 0 Å². The lowest BCUT2D eigenvalue weighted by molar-refractivity contribution is 0.201. The molecular formula is C11H23N. The summed E-state index contributed by atoms with van der Waals surface area (Å²) < 4.78 is 0.